The second-order valence-corrected chi connectivity index (χ2v) is 10.1. The molecule has 2 fully saturated rings. The van der Waals surface area contributed by atoms with E-state index in [-0.39, 0.29) is 12.5 Å². The van der Waals surface area contributed by atoms with Crippen molar-refractivity contribution in [3.63, 3.8) is 0 Å². The summed E-state index contributed by atoms with van der Waals surface area (Å²) in [7, 11) is -3.54. The van der Waals surface area contributed by atoms with E-state index in [1.807, 2.05) is 12.1 Å². The molecule has 2 N–H and O–H groups in total. The Morgan fingerprint density at radius 2 is 2.03 bits per heavy atom. The highest BCUT2D eigenvalue weighted by molar-refractivity contribution is 7.92. The van der Waals surface area contributed by atoms with Crippen LogP contribution in [0.15, 0.2) is 41.8 Å². The number of sulfonamides is 1. The molecule has 0 heterocycles. The molecule has 0 saturated heterocycles. The number of fused-ring (bicyclic) bond motifs is 2. The summed E-state index contributed by atoms with van der Waals surface area (Å²) in [6.07, 6.45) is 11.4. The van der Waals surface area contributed by atoms with Crippen molar-refractivity contribution < 1.29 is 18.3 Å². The number of carboxylic acid groups (broad SMARTS) is 1. The van der Waals surface area contributed by atoms with E-state index in [0.29, 0.717) is 29.2 Å². The Balaban J connectivity index is 1.58. The number of unbranched alkanes of at least 4 members (excludes halogenated alkanes) is 1. The van der Waals surface area contributed by atoms with Crippen molar-refractivity contribution in [1.29, 1.82) is 0 Å². The van der Waals surface area contributed by atoms with Crippen LogP contribution in [0.5, 0.6) is 0 Å². The van der Waals surface area contributed by atoms with Gasteiger partial charge in [0.05, 0.1) is 0 Å². The average Bonchev–Trinajstić information content (AvgIpc) is 3.25. The molecule has 2 bridgehead atoms. The zero-order valence-electron chi connectivity index (χ0n) is 16.3. The van der Waals surface area contributed by atoms with Crippen molar-refractivity contribution in [3.05, 3.63) is 52.4 Å². The second kappa shape index (κ2) is 9.92. The third-order valence-corrected chi connectivity index (χ3v) is 7.34. The van der Waals surface area contributed by atoms with E-state index < -0.39 is 16.0 Å². The number of benzene rings is 1. The molecule has 2 aliphatic rings. The van der Waals surface area contributed by atoms with Gasteiger partial charge in [-0.25, -0.2) is 13.1 Å². The fourth-order valence-electron chi connectivity index (χ4n) is 4.68. The molecular weight excluding hydrogens is 410 g/mol. The minimum atomic E-state index is -3.54. The number of nitrogens with one attached hydrogen (secondary N) is 1. The fraction of sp³-hybridized carbons (Fsp3) is 0.500. The largest absolute Gasteiger partial charge is 0.481 e. The maximum Gasteiger partial charge on any atom is 0.303 e. The molecule has 4 atom stereocenters. The number of halogens is 1. The number of carboxylic acids is 1. The van der Waals surface area contributed by atoms with Crippen LogP contribution >= 0.6 is 11.6 Å². The quantitative estimate of drug-likeness (QED) is 0.405. The summed E-state index contributed by atoms with van der Waals surface area (Å²) < 4.78 is 28.2. The highest BCUT2D eigenvalue weighted by Gasteiger charge is 2.47. The lowest BCUT2D eigenvalue weighted by atomic mass is 9.83. The van der Waals surface area contributed by atoms with E-state index in [2.05, 4.69) is 10.8 Å². The summed E-state index contributed by atoms with van der Waals surface area (Å²) in [5, 5.41) is 10.5. The van der Waals surface area contributed by atoms with Crippen molar-refractivity contribution in [3.8, 4) is 0 Å². The van der Waals surface area contributed by atoms with Crippen LogP contribution in [0.3, 0.4) is 0 Å². The van der Waals surface area contributed by atoms with Crippen molar-refractivity contribution in [2.24, 2.45) is 17.8 Å². The monoisotopic (exact) mass is 437 g/mol. The van der Waals surface area contributed by atoms with E-state index >= 15 is 0 Å². The zero-order chi connectivity index (χ0) is 20.9. The van der Waals surface area contributed by atoms with Gasteiger partial charge in [-0.05, 0) is 80.1 Å². The van der Waals surface area contributed by atoms with Gasteiger partial charge >= 0.3 is 5.97 Å². The van der Waals surface area contributed by atoms with Gasteiger partial charge in [0.2, 0.25) is 10.0 Å². The molecule has 7 heteroatoms. The lowest BCUT2D eigenvalue weighted by Gasteiger charge is -2.30. The number of allylic oxidation sites excluding steroid dienone is 2. The average molecular weight is 438 g/mol. The van der Waals surface area contributed by atoms with E-state index in [1.54, 1.807) is 24.3 Å². The molecular formula is C22H28ClNO4S. The Labute approximate surface area is 177 Å². The molecule has 3 rings (SSSR count). The molecule has 1 aromatic rings. The van der Waals surface area contributed by atoms with E-state index in [0.717, 1.165) is 31.2 Å². The van der Waals surface area contributed by atoms with Gasteiger partial charge < -0.3 is 5.11 Å². The highest BCUT2D eigenvalue weighted by atomic mass is 35.5. The van der Waals surface area contributed by atoms with Gasteiger partial charge in [-0.1, -0.05) is 35.9 Å². The molecule has 29 heavy (non-hydrogen) atoms. The summed E-state index contributed by atoms with van der Waals surface area (Å²) >= 11 is 5.96. The third-order valence-electron chi connectivity index (χ3n) is 6.01. The van der Waals surface area contributed by atoms with Crippen molar-refractivity contribution in [2.75, 3.05) is 0 Å². The smallest absolute Gasteiger partial charge is 0.303 e. The van der Waals surface area contributed by atoms with Gasteiger partial charge in [-0.2, -0.15) is 0 Å². The van der Waals surface area contributed by atoms with Crippen LogP contribution in [-0.2, 0) is 14.8 Å². The van der Waals surface area contributed by atoms with Crippen molar-refractivity contribution >= 4 is 33.7 Å². The molecule has 158 valence electrons. The highest BCUT2D eigenvalue weighted by Crippen LogP contribution is 2.50. The van der Waals surface area contributed by atoms with Crippen LogP contribution in [0.4, 0.5) is 0 Å². The lowest BCUT2D eigenvalue weighted by molar-refractivity contribution is -0.137. The lowest BCUT2D eigenvalue weighted by Crippen LogP contribution is -2.43. The first-order chi connectivity index (χ1) is 13.8. The van der Waals surface area contributed by atoms with Gasteiger partial charge in [0, 0.05) is 22.9 Å². The number of hydrogen-bond donors (Lipinski definition) is 2. The molecule has 5 nitrogen and oxygen atoms in total. The normalized spacial score (nSPS) is 26.7. The minimum Gasteiger partial charge on any atom is -0.481 e. The van der Waals surface area contributed by atoms with Crippen LogP contribution in [0.25, 0.3) is 6.08 Å². The Morgan fingerprint density at radius 3 is 2.79 bits per heavy atom. The molecule has 0 aromatic heterocycles. The van der Waals surface area contributed by atoms with Gasteiger partial charge in [-0.3, -0.25) is 4.79 Å². The Morgan fingerprint density at radius 1 is 1.24 bits per heavy atom. The Bertz CT molecular complexity index is 881. The summed E-state index contributed by atoms with van der Waals surface area (Å²) in [5.41, 5.74) is 0.747. The SMILES string of the molecule is O=C(O)CCC/C=C/CC1C2CCC(C2)C1NS(=O)(=O)/C=C/c1cccc(Cl)c1. The van der Waals surface area contributed by atoms with Crippen LogP contribution < -0.4 is 4.72 Å². The summed E-state index contributed by atoms with van der Waals surface area (Å²) in [6, 6.07) is 7.04. The van der Waals surface area contributed by atoms with Gasteiger partial charge in [-0.15, -0.1) is 0 Å². The molecule has 1 aromatic carbocycles. The maximum atomic E-state index is 12.6. The summed E-state index contributed by atoms with van der Waals surface area (Å²) in [6.45, 7) is 0. The first-order valence-electron chi connectivity index (χ1n) is 10.2. The molecule has 2 saturated carbocycles. The van der Waals surface area contributed by atoms with Crippen LogP contribution in [0.1, 0.15) is 50.5 Å². The standard InChI is InChI=1S/C22H28ClNO4S/c23-19-7-5-6-16(14-19)12-13-29(27,28)24-22-18-11-10-17(15-18)20(22)8-3-1-2-4-9-21(25)26/h1,3,5-7,12-14,17-18,20,22,24H,2,4,8-11,15H2,(H,25,26)/b3-1+,13-12+. The molecule has 0 spiro atoms. The Hall–Kier alpha value is -1.63. The van der Waals surface area contributed by atoms with E-state index in [9.17, 15) is 13.2 Å². The van der Waals surface area contributed by atoms with Gasteiger partial charge in [0.1, 0.15) is 0 Å². The van der Waals surface area contributed by atoms with Crippen molar-refractivity contribution in [1.82, 2.24) is 4.72 Å². The first kappa shape index (κ1) is 22.1. The second-order valence-electron chi connectivity index (χ2n) is 8.04. The van der Waals surface area contributed by atoms with Crippen LogP contribution in [-0.4, -0.2) is 25.5 Å². The molecule has 0 aliphatic heterocycles. The Kier molecular flexibility index (Phi) is 7.55. The van der Waals surface area contributed by atoms with E-state index in [4.69, 9.17) is 16.7 Å². The maximum absolute atomic E-state index is 12.6. The first-order valence-corrected chi connectivity index (χ1v) is 12.1. The number of hydrogen-bond acceptors (Lipinski definition) is 3. The summed E-state index contributed by atoms with van der Waals surface area (Å²) in [5.74, 6) is 0.499. The number of carbonyl (C=O) groups is 1. The van der Waals surface area contributed by atoms with Crippen molar-refractivity contribution in [2.45, 2.75) is 51.0 Å². The minimum absolute atomic E-state index is 0.0357. The fourth-order valence-corrected chi connectivity index (χ4v) is 6.04. The predicted octanol–water partition coefficient (Wildman–Crippen LogP) is 4.85. The van der Waals surface area contributed by atoms with Gasteiger partial charge in [0.15, 0.2) is 0 Å². The number of rotatable bonds is 10. The predicted molar refractivity (Wildman–Crippen MR) is 116 cm³/mol. The van der Waals surface area contributed by atoms with E-state index in [1.165, 1.54) is 11.8 Å². The van der Waals surface area contributed by atoms with Crippen LogP contribution in [0.2, 0.25) is 5.02 Å². The molecule has 0 amide bonds. The van der Waals surface area contributed by atoms with Gasteiger partial charge in [0.25, 0.3) is 0 Å². The zero-order valence-corrected chi connectivity index (χ0v) is 17.9. The topological polar surface area (TPSA) is 83.5 Å². The molecule has 4 unspecified atom stereocenters. The molecule has 0 radical (unpaired) electrons. The third kappa shape index (κ3) is 6.43. The van der Waals surface area contributed by atoms with Crippen LogP contribution in [0, 0.1) is 17.8 Å². The molecule has 2 aliphatic carbocycles. The number of aliphatic carboxylic acids is 1. The summed E-state index contributed by atoms with van der Waals surface area (Å²) in [4.78, 5) is 10.6.